The van der Waals surface area contributed by atoms with Gasteiger partial charge in [-0.1, -0.05) is 15.9 Å². The fraction of sp³-hybridized carbons (Fsp3) is 0.438. The molecule has 120 valence electrons. The maximum absolute atomic E-state index is 5.62. The average molecular weight is 387 g/mol. The van der Waals surface area contributed by atoms with Crippen LogP contribution in [0.5, 0.6) is 0 Å². The number of benzene rings is 1. The first-order valence-electron chi connectivity index (χ1n) is 7.34. The summed E-state index contributed by atoms with van der Waals surface area (Å²) in [5.41, 5.74) is 2.01. The summed E-state index contributed by atoms with van der Waals surface area (Å²) in [6, 6.07) is 8.62. The number of hydrogen-bond acceptors (Lipinski definition) is 4. The Hall–Kier alpha value is -0.880. The van der Waals surface area contributed by atoms with E-state index in [0.717, 1.165) is 35.4 Å². The van der Waals surface area contributed by atoms with Crippen LogP contribution in [0.3, 0.4) is 0 Å². The maximum atomic E-state index is 5.62. The summed E-state index contributed by atoms with van der Waals surface area (Å²) in [5.74, 6) is 0.694. The highest BCUT2D eigenvalue weighted by atomic mass is 79.9. The summed E-state index contributed by atoms with van der Waals surface area (Å²) in [7, 11) is 2.04. The van der Waals surface area contributed by atoms with E-state index in [1.165, 1.54) is 12.8 Å². The largest absolute Gasteiger partial charge is 0.444 e. The Balaban J connectivity index is 0.00000176. The van der Waals surface area contributed by atoms with Gasteiger partial charge in [-0.2, -0.15) is 0 Å². The van der Waals surface area contributed by atoms with Crippen molar-refractivity contribution < 1.29 is 4.42 Å². The SMILES string of the molecule is CNC1CCCN(Cc2coc(-c3ccc(Br)cc3)n2)C1.Cl. The minimum absolute atomic E-state index is 0. The van der Waals surface area contributed by atoms with Crippen LogP contribution in [0.1, 0.15) is 18.5 Å². The van der Waals surface area contributed by atoms with Gasteiger partial charge in [0.2, 0.25) is 5.89 Å². The van der Waals surface area contributed by atoms with Crippen molar-refractivity contribution in [3.05, 3.63) is 40.7 Å². The third kappa shape index (κ3) is 4.32. The number of hydrogen-bond donors (Lipinski definition) is 1. The van der Waals surface area contributed by atoms with Crippen LogP contribution < -0.4 is 5.32 Å². The van der Waals surface area contributed by atoms with Crippen LogP contribution in [-0.2, 0) is 6.54 Å². The minimum Gasteiger partial charge on any atom is -0.444 e. The number of halogens is 2. The molecule has 0 amide bonds. The minimum atomic E-state index is 0. The molecule has 0 aliphatic carbocycles. The molecule has 2 aromatic rings. The van der Waals surface area contributed by atoms with E-state index in [1.807, 2.05) is 31.3 Å². The molecule has 6 heteroatoms. The van der Waals surface area contributed by atoms with Gasteiger partial charge in [-0.25, -0.2) is 4.98 Å². The second-order valence-corrected chi connectivity index (χ2v) is 6.43. The first kappa shape index (κ1) is 17.5. The van der Waals surface area contributed by atoms with Gasteiger partial charge in [0.15, 0.2) is 0 Å². The van der Waals surface area contributed by atoms with Gasteiger partial charge in [0.05, 0.1) is 5.69 Å². The van der Waals surface area contributed by atoms with Crippen LogP contribution in [0.2, 0.25) is 0 Å². The second kappa shape index (κ2) is 8.11. The van der Waals surface area contributed by atoms with E-state index in [4.69, 9.17) is 4.42 Å². The second-order valence-electron chi connectivity index (χ2n) is 5.51. The van der Waals surface area contributed by atoms with E-state index < -0.39 is 0 Å². The zero-order chi connectivity index (χ0) is 14.7. The van der Waals surface area contributed by atoms with Crippen molar-refractivity contribution in [3.63, 3.8) is 0 Å². The third-order valence-electron chi connectivity index (χ3n) is 3.94. The van der Waals surface area contributed by atoms with Crippen molar-refractivity contribution in [1.82, 2.24) is 15.2 Å². The highest BCUT2D eigenvalue weighted by Gasteiger charge is 2.19. The standard InChI is InChI=1S/C16H20BrN3O.ClH/c1-18-14-3-2-8-20(9-14)10-15-11-21-16(19-15)12-4-6-13(17)7-5-12;/h4-7,11,14,18H,2-3,8-10H2,1H3;1H. The zero-order valence-electron chi connectivity index (χ0n) is 12.6. The van der Waals surface area contributed by atoms with Gasteiger partial charge in [-0.3, -0.25) is 4.90 Å². The van der Waals surface area contributed by atoms with Crippen LogP contribution in [-0.4, -0.2) is 36.1 Å². The molecule has 1 saturated heterocycles. The molecule has 0 spiro atoms. The number of aromatic nitrogens is 1. The lowest BCUT2D eigenvalue weighted by Gasteiger charge is -2.31. The van der Waals surface area contributed by atoms with Gasteiger partial charge in [-0.05, 0) is 50.7 Å². The Kier molecular flexibility index (Phi) is 6.44. The first-order valence-corrected chi connectivity index (χ1v) is 8.14. The van der Waals surface area contributed by atoms with Gasteiger partial charge in [0.25, 0.3) is 0 Å². The van der Waals surface area contributed by atoms with E-state index in [-0.39, 0.29) is 12.4 Å². The Labute approximate surface area is 145 Å². The summed E-state index contributed by atoms with van der Waals surface area (Å²) in [6.45, 7) is 3.08. The number of rotatable bonds is 4. The predicted molar refractivity (Wildman–Crippen MR) is 94.2 cm³/mol. The molecule has 1 N–H and O–H groups in total. The molecule has 1 aliphatic heterocycles. The van der Waals surface area contributed by atoms with Crippen LogP contribution in [0.4, 0.5) is 0 Å². The van der Waals surface area contributed by atoms with Gasteiger partial charge in [0.1, 0.15) is 6.26 Å². The average Bonchev–Trinajstić information content (AvgIpc) is 2.96. The quantitative estimate of drug-likeness (QED) is 0.870. The lowest BCUT2D eigenvalue weighted by molar-refractivity contribution is 0.186. The van der Waals surface area contributed by atoms with E-state index >= 15 is 0 Å². The van der Waals surface area contributed by atoms with Crippen LogP contribution in [0.15, 0.2) is 39.4 Å². The number of nitrogens with zero attached hydrogens (tertiary/aromatic N) is 2. The molecule has 1 aromatic heterocycles. The lowest BCUT2D eigenvalue weighted by Crippen LogP contribution is -2.43. The molecule has 22 heavy (non-hydrogen) atoms. The highest BCUT2D eigenvalue weighted by molar-refractivity contribution is 9.10. The van der Waals surface area contributed by atoms with Crippen molar-refractivity contribution in [1.29, 1.82) is 0 Å². The van der Waals surface area contributed by atoms with Gasteiger partial charge in [-0.15, -0.1) is 12.4 Å². The van der Waals surface area contributed by atoms with Gasteiger partial charge < -0.3 is 9.73 Å². The normalized spacial score (nSPS) is 18.9. The molecular formula is C16H21BrClN3O. The molecule has 1 unspecified atom stereocenters. The zero-order valence-corrected chi connectivity index (χ0v) is 15.0. The fourth-order valence-corrected chi connectivity index (χ4v) is 3.03. The number of likely N-dealkylation sites (N-methyl/N-ethyl adjacent to an activating group) is 1. The van der Waals surface area contributed by atoms with Crippen molar-refractivity contribution in [2.24, 2.45) is 0 Å². The topological polar surface area (TPSA) is 41.3 Å². The van der Waals surface area contributed by atoms with Crippen molar-refractivity contribution >= 4 is 28.3 Å². The van der Waals surface area contributed by atoms with Crippen LogP contribution in [0.25, 0.3) is 11.5 Å². The summed E-state index contributed by atoms with van der Waals surface area (Å²) < 4.78 is 6.68. The number of nitrogens with one attached hydrogen (secondary N) is 1. The monoisotopic (exact) mass is 385 g/mol. The van der Waals surface area contributed by atoms with Gasteiger partial charge in [0, 0.05) is 29.2 Å². The fourth-order valence-electron chi connectivity index (χ4n) is 2.77. The summed E-state index contributed by atoms with van der Waals surface area (Å²) in [6.07, 6.45) is 4.28. The summed E-state index contributed by atoms with van der Waals surface area (Å²) >= 11 is 3.44. The molecule has 3 rings (SSSR count). The molecule has 0 radical (unpaired) electrons. The van der Waals surface area contributed by atoms with E-state index in [0.29, 0.717) is 11.9 Å². The van der Waals surface area contributed by atoms with E-state index in [2.05, 4.69) is 31.1 Å². The van der Waals surface area contributed by atoms with E-state index in [1.54, 1.807) is 6.26 Å². The molecule has 1 aromatic carbocycles. The van der Waals surface area contributed by atoms with Gasteiger partial charge >= 0.3 is 0 Å². The Morgan fingerprint density at radius 1 is 1.36 bits per heavy atom. The van der Waals surface area contributed by atoms with E-state index in [9.17, 15) is 0 Å². The number of likely N-dealkylation sites (tertiary alicyclic amines) is 1. The Morgan fingerprint density at radius 2 is 2.14 bits per heavy atom. The molecular weight excluding hydrogens is 366 g/mol. The lowest BCUT2D eigenvalue weighted by atomic mass is 10.1. The Morgan fingerprint density at radius 3 is 2.86 bits per heavy atom. The third-order valence-corrected chi connectivity index (χ3v) is 4.47. The summed E-state index contributed by atoms with van der Waals surface area (Å²) in [5, 5.41) is 3.37. The van der Waals surface area contributed by atoms with Crippen molar-refractivity contribution in [2.75, 3.05) is 20.1 Å². The molecule has 1 aliphatic rings. The number of oxazole rings is 1. The first-order chi connectivity index (χ1) is 10.2. The van der Waals surface area contributed by atoms with Crippen LogP contribution in [0, 0.1) is 0 Å². The Bertz CT molecular complexity index is 587. The molecule has 0 saturated carbocycles. The molecule has 1 atom stereocenters. The van der Waals surface area contributed by atoms with Crippen molar-refractivity contribution in [3.8, 4) is 11.5 Å². The number of piperidine rings is 1. The highest BCUT2D eigenvalue weighted by Crippen LogP contribution is 2.22. The molecule has 2 heterocycles. The maximum Gasteiger partial charge on any atom is 0.226 e. The van der Waals surface area contributed by atoms with Crippen molar-refractivity contribution in [2.45, 2.75) is 25.4 Å². The molecule has 0 bridgehead atoms. The summed E-state index contributed by atoms with van der Waals surface area (Å²) in [4.78, 5) is 7.05. The molecule has 4 nitrogen and oxygen atoms in total. The smallest absolute Gasteiger partial charge is 0.226 e. The van der Waals surface area contributed by atoms with Crippen LogP contribution >= 0.6 is 28.3 Å². The predicted octanol–water partition coefficient (Wildman–Crippen LogP) is 3.71. The molecule has 1 fully saturated rings.